The van der Waals surface area contributed by atoms with Gasteiger partial charge >= 0.3 is 0 Å². The SMILES string of the molecule is O=C(Cn1nnc2ccccc21)NCCCN1CCCCC1. The Kier molecular flexibility index (Phi) is 5.00. The van der Waals surface area contributed by atoms with Crippen LogP contribution in [0.25, 0.3) is 11.0 Å². The van der Waals surface area contributed by atoms with E-state index >= 15 is 0 Å². The number of carbonyl (C=O) groups is 1. The zero-order valence-corrected chi connectivity index (χ0v) is 12.9. The summed E-state index contributed by atoms with van der Waals surface area (Å²) < 4.78 is 1.65. The Labute approximate surface area is 130 Å². The van der Waals surface area contributed by atoms with Gasteiger partial charge in [0.1, 0.15) is 12.1 Å². The first-order valence-electron chi connectivity index (χ1n) is 8.10. The highest BCUT2D eigenvalue weighted by Crippen LogP contribution is 2.09. The molecule has 1 fully saturated rings. The molecular weight excluding hydrogens is 278 g/mol. The highest BCUT2D eigenvalue weighted by atomic mass is 16.2. The standard InChI is InChI=1S/C16H23N5O/c22-16(17-9-6-12-20-10-4-1-5-11-20)13-21-15-8-3-2-7-14(15)18-19-21/h2-3,7-8H,1,4-6,9-13H2,(H,17,22). The largest absolute Gasteiger partial charge is 0.354 e. The number of amides is 1. The summed E-state index contributed by atoms with van der Waals surface area (Å²) in [6.45, 7) is 4.44. The highest BCUT2D eigenvalue weighted by Gasteiger charge is 2.10. The van der Waals surface area contributed by atoms with E-state index in [0.717, 1.165) is 30.5 Å². The molecule has 6 nitrogen and oxygen atoms in total. The van der Waals surface area contributed by atoms with E-state index in [1.807, 2.05) is 24.3 Å². The first kappa shape index (κ1) is 15.0. The molecular formula is C16H23N5O. The van der Waals surface area contributed by atoms with E-state index in [1.54, 1.807) is 4.68 Å². The minimum absolute atomic E-state index is 0.00528. The van der Waals surface area contributed by atoms with Gasteiger partial charge in [-0.15, -0.1) is 5.10 Å². The molecule has 0 atom stereocenters. The Hall–Kier alpha value is -1.95. The second kappa shape index (κ2) is 7.35. The van der Waals surface area contributed by atoms with Gasteiger partial charge in [0.2, 0.25) is 5.91 Å². The van der Waals surface area contributed by atoms with Crippen LogP contribution in [0.2, 0.25) is 0 Å². The molecule has 2 heterocycles. The Balaban J connectivity index is 1.41. The number of hydrogen-bond acceptors (Lipinski definition) is 4. The van der Waals surface area contributed by atoms with Crippen molar-refractivity contribution in [2.45, 2.75) is 32.2 Å². The summed E-state index contributed by atoms with van der Waals surface area (Å²) in [6.07, 6.45) is 4.99. The molecule has 0 bridgehead atoms. The summed E-state index contributed by atoms with van der Waals surface area (Å²) in [5.74, 6) is -0.00528. The summed E-state index contributed by atoms with van der Waals surface area (Å²) in [5.41, 5.74) is 1.71. The molecule has 0 aliphatic carbocycles. The van der Waals surface area contributed by atoms with Crippen molar-refractivity contribution in [1.29, 1.82) is 0 Å². The molecule has 118 valence electrons. The van der Waals surface area contributed by atoms with Gasteiger partial charge in [-0.25, -0.2) is 4.68 Å². The maximum absolute atomic E-state index is 12.0. The molecule has 1 aromatic carbocycles. The predicted molar refractivity (Wildman–Crippen MR) is 85.4 cm³/mol. The van der Waals surface area contributed by atoms with Gasteiger partial charge in [-0.05, 0) is 51.0 Å². The molecule has 6 heteroatoms. The third kappa shape index (κ3) is 3.82. The number of carbonyl (C=O) groups excluding carboxylic acids is 1. The monoisotopic (exact) mass is 301 g/mol. The molecule has 1 saturated heterocycles. The summed E-state index contributed by atoms with van der Waals surface area (Å²) in [5, 5.41) is 11.1. The van der Waals surface area contributed by atoms with Crippen molar-refractivity contribution in [2.24, 2.45) is 0 Å². The number of rotatable bonds is 6. The number of nitrogens with zero attached hydrogens (tertiary/aromatic N) is 4. The maximum Gasteiger partial charge on any atom is 0.241 e. The zero-order chi connectivity index (χ0) is 15.2. The zero-order valence-electron chi connectivity index (χ0n) is 12.9. The lowest BCUT2D eigenvalue weighted by Crippen LogP contribution is -2.34. The number of piperidine rings is 1. The Morgan fingerprint density at radius 3 is 2.86 bits per heavy atom. The van der Waals surface area contributed by atoms with Gasteiger partial charge in [-0.1, -0.05) is 23.8 Å². The number of nitrogens with one attached hydrogen (secondary N) is 1. The van der Waals surface area contributed by atoms with Crippen molar-refractivity contribution >= 4 is 16.9 Å². The van der Waals surface area contributed by atoms with Crippen LogP contribution in [-0.2, 0) is 11.3 Å². The predicted octanol–water partition coefficient (Wildman–Crippen LogP) is 1.42. The Morgan fingerprint density at radius 1 is 1.18 bits per heavy atom. The average molecular weight is 301 g/mol. The number of hydrogen-bond donors (Lipinski definition) is 1. The summed E-state index contributed by atoms with van der Waals surface area (Å²) >= 11 is 0. The van der Waals surface area contributed by atoms with Crippen molar-refractivity contribution < 1.29 is 4.79 Å². The molecule has 2 aromatic rings. The van der Waals surface area contributed by atoms with Gasteiger partial charge in [-0.2, -0.15) is 0 Å². The van der Waals surface area contributed by atoms with Crippen molar-refractivity contribution in [3.8, 4) is 0 Å². The number of aromatic nitrogens is 3. The molecule has 0 saturated carbocycles. The highest BCUT2D eigenvalue weighted by molar-refractivity contribution is 5.79. The fraction of sp³-hybridized carbons (Fsp3) is 0.562. The van der Waals surface area contributed by atoms with Gasteiger partial charge in [-0.3, -0.25) is 4.79 Å². The van der Waals surface area contributed by atoms with Crippen LogP contribution in [0.3, 0.4) is 0 Å². The number of fused-ring (bicyclic) bond motifs is 1. The van der Waals surface area contributed by atoms with Crippen molar-refractivity contribution in [2.75, 3.05) is 26.2 Å². The van der Waals surface area contributed by atoms with E-state index in [9.17, 15) is 4.79 Å². The molecule has 1 aliphatic rings. The minimum Gasteiger partial charge on any atom is -0.354 e. The van der Waals surface area contributed by atoms with Crippen LogP contribution >= 0.6 is 0 Å². The van der Waals surface area contributed by atoms with Gasteiger partial charge in [0.25, 0.3) is 0 Å². The molecule has 0 unspecified atom stereocenters. The first-order chi connectivity index (χ1) is 10.8. The van der Waals surface area contributed by atoms with Crippen LogP contribution in [0, 0.1) is 0 Å². The molecule has 1 N–H and O–H groups in total. The van der Waals surface area contributed by atoms with Crippen LogP contribution in [0.15, 0.2) is 24.3 Å². The molecule has 0 radical (unpaired) electrons. The second-order valence-electron chi connectivity index (χ2n) is 5.84. The first-order valence-corrected chi connectivity index (χ1v) is 8.10. The molecule has 3 rings (SSSR count). The third-order valence-electron chi connectivity index (χ3n) is 4.14. The van der Waals surface area contributed by atoms with Crippen molar-refractivity contribution in [1.82, 2.24) is 25.2 Å². The Morgan fingerprint density at radius 2 is 2.00 bits per heavy atom. The molecule has 22 heavy (non-hydrogen) atoms. The molecule has 1 amide bonds. The van der Waals surface area contributed by atoms with E-state index in [0.29, 0.717) is 0 Å². The quantitative estimate of drug-likeness (QED) is 0.820. The van der Waals surface area contributed by atoms with Crippen molar-refractivity contribution in [3.05, 3.63) is 24.3 Å². The van der Waals surface area contributed by atoms with Crippen molar-refractivity contribution in [3.63, 3.8) is 0 Å². The van der Waals surface area contributed by atoms with Crippen LogP contribution in [0.5, 0.6) is 0 Å². The topological polar surface area (TPSA) is 63.1 Å². The summed E-state index contributed by atoms with van der Waals surface area (Å²) in [7, 11) is 0. The molecule has 1 aliphatic heterocycles. The lowest BCUT2D eigenvalue weighted by molar-refractivity contribution is -0.121. The van der Waals surface area contributed by atoms with Gasteiger partial charge < -0.3 is 10.2 Å². The summed E-state index contributed by atoms with van der Waals surface area (Å²) in [6, 6.07) is 7.68. The lowest BCUT2D eigenvalue weighted by Gasteiger charge is -2.26. The number of para-hydroxylation sites is 1. The van der Waals surface area contributed by atoms with Crippen LogP contribution in [0.4, 0.5) is 0 Å². The average Bonchev–Trinajstić information content (AvgIpc) is 2.96. The van der Waals surface area contributed by atoms with E-state index in [1.165, 1.54) is 32.4 Å². The Bertz CT molecular complexity index is 618. The van der Waals surface area contributed by atoms with E-state index in [4.69, 9.17) is 0 Å². The van der Waals surface area contributed by atoms with Crippen LogP contribution < -0.4 is 5.32 Å². The smallest absolute Gasteiger partial charge is 0.241 e. The van der Waals surface area contributed by atoms with E-state index in [2.05, 4.69) is 20.5 Å². The lowest BCUT2D eigenvalue weighted by atomic mass is 10.1. The summed E-state index contributed by atoms with van der Waals surface area (Å²) in [4.78, 5) is 14.5. The van der Waals surface area contributed by atoms with E-state index in [-0.39, 0.29) is 12.5 Å². The van der Waals surface area contributed by atoms with E-state index < -0.39 is 0 Å². The van der Waals surface area contributed by atoms with Gasteiger partial charge in [0.05, 0.1) is 5.52 Å². The molecule has 1 aromatic heterocycles. The normalized spacial score (nSPS) is 16.0. The maximum atomic E-state index is 12.0. The fourth-order valence-corrected chi connectivity index (χ4v) is 2.94. The molecule has 0 spiro atoms. The van der Waals surface area contributed by atoms with Gasteiger partial charge in [0, 0.05) is 6.54 Å². The second-order valence-corrected chi connectivity index (χ2v) is 5.84. The third-order valence-corrected chi connectivity index (χ3v) is 4.14. The van der Waals surface area contributed by atoms with Crippen LogP contribution in [-0.4, -0.2) is 52.0 Å². The fourth-order valence-electron chi connectivity index (χ4n) is 2.94. The van der Waals surface area contributed by atoms with Gasteiger partial charge in [0.15, 0.2) is 0 Å². The number of likely N-dealkylation sites (tertiary alicyclic amines) is 1. The van der Waals surface area contributed by atoms with Crippen LogP contribution in [0.1, 0.15) is 25.7 Å². The minimum atomic E-state index is -0.00528. The number of benzene rings is 1.